The molecule has 0 radical (unpaired) electrons. The van der Waals surface area contributed by atoms with E-state index in [0.717, 1.165) is 6.29 Å². The second kappa shape index (κ2) is 6.23. The van der Waals surface area contributed by atoms with Gasteiger partial charge in [0.25, 0.3) is 5.69 Å². The molecule has 0 aliphatic heterocycles. The van der Waals surface area contributed by atoms with Gasteiger partial charge in [0.2, 0.25) is 0 Å². The summed E-state index contributed by atoms with van der Waals surface area (Å²) in [7, 11) is 0. The fraction of sp³-hybridized carbons (Fsp3) is 0.389. The van der Waals surface area contributed by atoms with E-state index in [1.807, 2.05) is 13.8 Å². The van der Waals surface area contributed by atoms with Gasteiger partial charge in [-0.2, -0.15) is 0 Å². The second-order valence-corrected chi connectivity index (χ2v) is 7.17. The molecule has 0 fully saturated rings. The molecule has 1 aromatic heterocycles. The highest BCUT2D eigenvalue weighted by molar-refractivity contribution is 5.99. The highest BCUT2D eigenvalue weighted by Gasteiger charge is 2.36. The molecule has 7 heteroatoms. The van der Waals surface area contributed by atoms with Crippen LogP contribution in [-0.2, 0) is 17.6 Å². The van der Waals surface area contributed by atoms with E-state index in [2.05, 4.69) is 5.16 Å². The van der Waals surface area contributed by atoms with Gasteiger partial charge >= 0.3 is 0 Å². The standard InChI is InChI=1S/C18H18N2O5/c1-18(2)8-15(22)17-14(19-25-16(17)9-18)7-12(10-21)11-4-3-5-13(6-11)20(23)24/h3-6,10,12H,7-9H2,1-2H3. The summed E-state index contributed by atoms with van der Waals surface area (Å²) < 4.78 is 5.34. The summed E-state index contributed by atoms with van der Waals surface area (Å²) in [6, 6.07) is 5.94. The van der Waals surface area contributed by atoms with Gasteiger partial charge in [0.1, 0.15) is 12.0 Å². The minimum absolute atomic E-state index is 0.0359. The zero-order valence-corrected chi connectivity index (χ0v) is 14.0. The number of nitro groups is 1. The number of aromatic nitrogens is 1. The van der Waals surface area contributed by atoms with Crippen LogP contribution < -0.4 is 0 Å². The molecule has 2 aromatic rings. The zero-order chi connectivity index (χ0) is 18.2. The molecule has 1 heterocycles. The van der Waals surface area contributed by atoms with Crippen LogP contribution in [0.4, 0.5) is 5.69 Å². The molecular formula is C18H18N2O5. The van der Waals surface area contributed by atoms with Crippen LogP contribution in [0.15, 0.2) is 28.8 Å². The Kier molecular flexibility index (Phi) is 4.24. The highest BCUT2D eigenvalue weighted by Crippen LogP contribution is 2.37. The number of hydrogen-bond donors (Lipinski definition) is 0. The Labute approximate surface area is 144 Å². The van der Waals surface area contributed by atoms with Gasteiger partial charge in [-0.1, -0.05) is 31.1 Å². The van der Waals surface area contributed by atoms with Gasteiger partial charge in [-0.05, 0) is 11.0 Å². The monoisotopic (exact) mass is 342 g/mol. The van der Waals surface area contributed by atoms with E-state index >= 15 is 0 Å². The van der Waals surface area contributed by atoms with E-state index in [0.29, 0.717) is 35.4 Å². The van der Waals surface area contributed by atoms with Gasteiger partial charge < -0.3 is 9.32 Å². The first-order valence-electron chi connectivity index (χ1n) is 8.01. The first-order chi connectivity index (χ1) is 11.8. The van der Waals surface area contributed by atoms with Crippen LogP contribution in [0.1, 0.15) is 53.6 Å². The second-order valence-electron chi connectivity index (χ2n) is 7.17. The molecule has 0 N–H and O–H groups in total. The van der Waals surface area contributed by atoms with E-state index in [9.17, 15) is 19.7 Å². The molecule has 7 nitrogen and oxygen atoms in total. The molecular weight excluding hydrogens is 324 g/mol. The van der Waals surface area contributed by atoms with Crippen LogP contribution in [0.3, 0.4) is 0 Å². The average Bonchev–Trinajstić information content (AvgIpc) is 2.94. The van der Waals surface area contributed by atoms with E-state index in [1.165, 1.54) is 18.2 Å². The lowest BCUT2D eigenvalue weighted by molar-refractivity contribution is -0.384. The average molecular weight is 342 g/mol. The van der Waals surface area contributed by atoms with Crippen LogP contribution in [0.25, 0.3) is 0 Å². The van der Waals surface area contributed by atoms with Crippen LogP contribution in [-0.4, -0.2) is 22.1 Å². The first kappa shape index (κ1) is 17.0. The predicted octanol–water partition coefficient (Wildman–Crippen LogP) is 3.26. The number of benzene rings is 1. The number of fused-ring (bicyclic) bond motifs is 1. The molecule has 1 aromatic carbocycles. The molecule has 1 aliphatic rings. The predicted molar refractivity (Wildman–Crippen MR) is 88.5 cm³/mol. The third-order valence-electron chi connectivity index (χ3n) is 4.48. The molecule has 0 saturated heterocycles. The Morgan fingerprint density at radius 3 is 2.84 bits per heavy atom. The van der Waals surface area contributed by atoms with Crippen molar-refractivity contribution in [1.29, 1.82) is 0 Å². The van der Waals surface area contributed by atoms with Crippen molar-refractivity contribution in [1.82, 2.24) is 5.16 Å². The quantitative estimate of drug-likeness (QED) is 0.469. The van der Waals surface area contributed by atoms with Gasteiger partial charge in [-0.3, -0.25) is 14.9 Å². The largest absolute Gasteiger partial charge is 0.360 e. The van der Waals surface area contributed by atoms with Crippen molar-refractivity contribution in [2.75, 3.05) is 0 Å². The number of non-ortho nitro benzene ring substituents is 1. The van der Waals surface area contributed by atoms with E-state index < -0.39 is 10.8 Å². The molecule has 25 heavy (non-hydrogen) atoms. The normalized spacial score (nSPS) is 17.0. The molecule has 1 aliphatic carbocycles. The van der Waals surface area contributed by atoms with Crippen molar-refractivity contribution in [3.05, 3.63) is 57.0 Å². The number of rotatable bonds is 5. The Morgan fingerprint density at radius 1 is 1.40 bits per heavy atom. The maximum absolute atomic E-state index is 12.5. The molecule has 0 bridgehead atoms. The van der Waals surface area contributed by atoms with Gasteiger partial charge in [0, 0.05) is 37.3 Å². The van der Waals surface area contributed by atoms with Crippen LogP contribution >= 0.6 is 0 Å². The van der Waals surface area contributed by atoms with Gasteiger partial charge in [-0.15, -0.1) is 0 Å². The number of nitro benzene ring substituents is 1. The number of nitrogens with zero attached hydrogens (tertiary/aromatic N) is 2. The summed E-state index contributed by atoms with van der Waals surface area (Å²) in [5.74, 6) is -0.108. The number of aldehydes is 1. The Bertz CT molecular complexity index is 853. The maximum Gasteiger partial charge on any atom is 0.269 e. The lowest BCUT2D eigenvalue weighted by atomic mass is 9.75. The minimum Gasteiger partial charge on any atom is -0.360 e. The Balaban J connectivity index is 1.91. The van der Waals surface area contributed by atoms with E-state index in [4.69, 9.17) is 4.52 Å². The van der Waals surface area contributed by atoms with Crippen molar-refractivity contribution >= 4 is 17.8 Å². The summed E-state index contributed by atoms with van der Waals surface area (Å²) in [6.07, 6.45) is 1.91. The fourth-order valence-electron chi connectivity index (χ4n) is 3.28. The fourth-order valence-corrected chi connectivity index (χ4v) is 3.28. The number of carbonyl (C=O) groups excluding carboxylic acids is 2. The number of hydrogen-bond acceptors (Lipinski definition) is 6. The van der Waals surface area contributed by atoms with E-state index in [1.54, 1.807) is 6.07 Å². The molecule has 0 spiro atoms. The van der Waals surface area contributed by atoms with Gasteiger partial charge in [0.05, 0.1) is 16.2 Å². The van der Waals surface area contributed by atoms with Crippen LogP contribution in [0.5, 0.6) is 0 Å². The number of ketones is 1. The van der Waals surface area contributed by atoms with Gasteiger partial charge in [0.15, 0.2) is 5.78 Å². The molecule has 1 atom stereocenters. The van der Waals surface area contributed by atoms with Crippen molar-refractivity contribution < 1.29 is 19.0 Å². The smallest absolute Gasteiger partial charge is 0.269 e. The van der Waals surface area contributed by atoms with Crippen molar-refractivity contribution in [2.45, 2.75) is 39.0 Å². The number of carbonyl (C=O) groups is 2. The van der Waals surface area contributed by atoms with E-state index in [-0.39, 0.29) is 23.3 Å². The minimum atomic E-state index is -0.628. The van der Waals surface area contributed by atoms with Crippen LogP contribution in [0.2, 0.25) is 0 Å². The van der Waals surface area contributed by atoms with Crippen LogP contribution in [0, 0.1) is 15.5 Å². The first-order valence-corrected chi connectivity index (χ1v) is 8.01. The maximum atomic E-state index is 12.5. The van der Waals surface area contributed by atoms with Crippen molar-refractivity contribution in [3.8, 4) is 0 Å². The van der Waals surface area contributed by atoms with Crippen molar-refractivity contribution in [2.24, 2.45) is 5.41 Å². The summed E-state index contributed by atoms with van der Waals surface area (Å²) in [5.41, 5.74) is 1.18. The number of Topliss-reactive ketones (excluding diaryl/α,β-unsaturated/α-hetero) is 1. The summed E-state index contributed by atoms with van der Waals surface area (Å²) in [4.78, 5) is 34.4. The third-order valence-corrected chi connectivity index (χ3v) is 4.48. The van der Waals surface area contributed by atoms with Gasteiger partial charge in [-0.25, -0.2) is 0 Å². The summed E-state index contributed by atoms with van der Waals surface area (Å²) >= 11 is 0. The Hall–Kier alpha value is -2.83. The third kappa shape index (κ3) is 3.35. The Morgan fingerprint density at radius 2 is 2.16 bits per heavy atom. The lowest BCUT2D eigenvalue weighted by Crippen LogP contribution is -2.26. The molecule has 0 saturated carbocycles. The van der Waals surface area contributed by atoms with Crippen molar-refractivity contribution in [3.63, 3.8) is 0 Å². The summed E-state index contributed by atoms with van der Waals surface area (Å²) in [6.45, 7) is 3.99. The molecule has 1 unspecified atom stereocenters. The highest BCUT2D eigenvalue weighted by atomic mass is 16.6. The summed E-state index contributed by atoms with van der Waals surface area (Å²) in [5, 5.41) is 14.9. The molecule has 0 amide bonds. The SMILES string of the molecule is CC1(C)CC(=O)c2c(CC(C=O)c3cccc([N+](=O)[O-])c3)noc2C1. The lowest BCUT2D eigenvalue weighted by Gasteiger charge is -2.26. The topological polar surface area (TPSA) is 103 Å². The zero-order valence-electron chi connectivity index (χ0n) is 14.0. The molecule has 3 rings (SSSR count). The molecule has 130 valence electrons.